The van der Waals surface area contributed by atoms with Crippen molar-refractivity contribution in [1.82, 2.24) is 4.90 Å². The highest BCUT2D eigenvalue weighted by atomic mass is 16.1. The summed E-state index contributed by atoms with van der Waals surface area (Å²) in [6.07, 6.45) is 0.906. The highest BCUT2D eigenvalue weighted by molar-refractivity contribution is 6.04. The predicted molar refractivity (Wildman–Crippen MR) is 93.6 cm³/mol. The van der Waals surface area contributed by atoms with E-state index in [1.807, 2.05) is 43.4 Å². The Bertz CT molecular complexity index is 682. The van der Waals surface area contributed by atoms with Gasteiger partial charge in [0.05, 0.1) is 5.41 Å². The van der Waals surface area contributed by atoms with Gasteiger partial charge in [0.15, 0.2) is 0 Å². The molecule has 0 aliphatic carbocycles. The first-order chi connectivity index (χ1) is 11.1. The van der Waals surface area contributed by atoms with Crippen molar-refractivity contribution in [2.45, 2.75) is 31.7 Å². The van der Waals surface area contributed by atoms with Crippen molar-refractivity contribution in [1.29, 1.82) is 0 Å². The minimum atomic E-state index is -0.373. The van der Waals surface area contributed by atoms with Gasteiger partial charge in [-0.1, -0.05) is 60.7 Å². The highest BCUT2D eigenvalue weighted by Crippen LogP contribution is 2.44. The highest BCUT2D eigenvalue weighted by Gasteiger charge is 2.49. The Labute approximate surface area is 137 Å². The third kappa shape index (κ3) is 2.56. The minimum Gasteiger partial charge on any atom is -0.359 e. The summed E-state index contributed by atoms with van der Waals surface area (Å²) in [5, 5.41) is 0. The van der Waals surface area contributed by atoms with E-state index in [0.717, 1.165) is 12.3 Å². The third-order valence-corrected chi connectivity index (χ3v) is 4.78. The summed E-state index contributed by atoms with van der Waals surface area (Å²) in [7, 11) is 2.03. The van der Waals surface area contributed by atoms with Crippen molar-refractivity contribution in [3.8, 4) is 0 Å². The topological polar surface area (TPSA) is 32.7 Å². The third-order valence-electron chi connectivity index (χ3n) is 4.78. The van der Waals surface area contributed by atoms with Gasteiger partial charge in [0.2, 0.25) is 5.91 Å². The van der Waals surface area contributed by atoms with Crippen LogP contribution in [0.25, 0.3) is 0 Å². The summed E-state index contributed by atoms with van der Waals surface area (Å²) in [4.78, 5) is 18.3. The Morgan fingerprint density at radius 3 is 1.96 bits per heavy atom. The van der Waals surface area contributed by atoms with Crippen LogP contribution in [0.1, 0.15) is 31.4 Å². The predicted octanol–water partition coefficient (Wildman–Crippen LogP) is 3.64. The molecule has 1 unspecified atom stereocenters. The van der Waals surface area contributed by atoms with Crippen LogP contribution >= 0.6 is 0 Å². The van der Waals surface area contributed by atoms with Crippen LogP contribution in [0.15, 0.2) is 65.7 Å². The number of rotatable bonds is 2. The van der Waals surface area contributed by atoms with E-state index in [0.29, 0.717) is 6.04 Å². The number of nitrogens with zero attached hydrogens (tertiary/aromatic N) is 2. The van der Waals surface area contributed by atoms with Gasteiger partial charge in [0.25, 0.3) is 0 Å². The molecule has 1 saturated heterocycles. The standard InChI is InChI=1S/C20H22N2O/c1-15-14-20(17-10-6-4-7-11-17,18-12-8-5-9-13-18)19(22(15)3)21-16(2)23/h4-13,15H,14H2,1-3H3. The molecule has 2 aromatic rings. The first-order valence-corrected chi connectivity index (χ1v) is 7.99. The lowest BCUT2D eigenvalue weighted by Gasteiger charge is -2.31. The second-order valence-electron chi connectivity index (χ2n) is 6.26. The second-order valence-corrected chi connectivity index (χ2v) is 6.26. The van der Waals surface area contributed by atoms with E-state index in [2.05, 4.69) is 41.1 Å². The molecular formula is C20H22N2O. The van der Waals surface area contributed by atoms with E-state index in [-0.39, 0.29) is 11.3 Å². The maximum Gasteiger partial charge on any atom is 0.244 e. The number of likely N-dealkylation sites (tertiary alicyclic amines) is 1. The minimum absolute atomic E-state index is 0.155. The molecule has 3 nitrogen and oxygen atoms in total. The molecule has 118 valence electrons. The van der Waals surface area contributed by atoms with Crippen LogP contribution in [0.2, 0.25) is 0 Å². The molecule has 2 aromatic carbocycles. The Hall–Kier alpha value is -2.42. The molecular weight excluding hydrogens is 284 g/mol. The zero-order valence-corrected chi connectivity index (χ0v) is 13.9. The molecule has 0 N–H and O–H groups in total. The Morgan fingerprint density at radius 2 is 1.52 bits per heavy atom. The molecule has 1 amide bonds. The Morgan fingerprint density at radius 1 is 1.04 bits per heavy atom. The largest absolute Gasteiger partial charge is 0.359 e. The lowest BCUT2D eigenvalue weighted by atomic mass is 9.72. The fourth-order valence-electron chi connectivity index (χ4n) is 3.61. The molecule has 3 heteroatoms. The van der Waals surface area contributed by atoms with Gasteiger partial charge in [0, 0.05) is 20.0 Å². The molecule has 0 radical (unpaired) electrons. The molecule has 1 aliphatic heterocycles. The number of benzene rings is 2. The number of amidine groups is 1. The number of carbonyl (C=O) groups is 1. The van der Waals surface area contributed by atoms with Crippen molar-refractivity contribution < 1.29 is 4.79 Å². The van der Waals surface area contributed by atoms with Crippen molar-refractivity contribution in [2.75, 3.05) is 7.05 Å². The molecule has 0 aromatic heterocycles. The van der Waals surface area contributed by atoms with Crippen LogP contribution in [0, 0.1) is 0 Å². The molecule has 23 heavy (non-hydrogen) atoms. The van der Waals surface area contributed by atoms with Gasteiger partial charge in [-0.25, -0.2) is 0 Å². The number of amides is 1. The molecule has 3 rings (SSSR count). The maximum absolute atomic E-state index is 11.8. The zero-order chi connectivity index (χ0) is 16.4. The number of hydrogen-bond donors (Lipinski definition) is 0. The lowest BCUT2D eigenvalue weighted by molar-refractivity contribution is -0.115. The number of likely N-dealkylation sites (N-methyl/N-ethyl adjacent to an activating group) is 1. The molecule has 0 saturated carbocycles. The number of hydrogen-bond acceptors (Lipinski definition) is 1. The van der Waals surface area contributed by atoms with Gasteiger partial charge in [0.1, 0.15) is 5.84 Å². The van der Waals surface area contributed by atoms with Gasteiger partial charge in [-0.15, -0.1) is 0 Å². The summed E-state index contributed by atoms with van der Waals surface area (Å²) >= 11 is 0. The normalized spacial score (nSPS) is 21.6. The summed E-state index contributed by atoms with van der Waals surface area (Å²) in [6.45, 7) is 3.70. The average molecular weight is 306 g/mol. The second kappa shape index (κ2) is 5.99. The van der Waals surface area contributed by atoms with Crippen LogP contribution in [0.4, 0.5) is 0 Å². The van der Waals surface area contributed by atoms with E-state index in [1.54, 1.807) is 0 Å². The fraction of sp³-hybridized carbons (Fsp3) is 0.300. The van der Waals surface area contributed by atoms with Crippen molar-refractivity contribution in [3.05, 3.63) is 71.8 Å². The van der Waals surface area contributed by atoms with E-state index < -0.39 is 0 Å². The Balaban J connectivity index is 2.30. The van der Waals surface area contributed by atoms with Crippen molar-refractivity contribution in [2.24, 2.45) is 4.99 Å². The number of carbonyl (C=O) groups excluding carboxylic acids is 1. The van der Waals surface area contributed by atoms with E-state index in [9.17, 15) is 4.79 Å². The summed E-state index contributed by atoms with van der Waals surface area (Å²) < 4.78 is 0. The van der Waals surface area contributed by atoms with Gasteiger partial charge in [-0.3, -0.25) is 4.79 Å². The smallest absolute Gasteiger partial charge is 0.244 e. The summed E-state index contributed by atoms with van der Waals surface area (Å²) in [6, 6.07) is 21.1. The summed E-state index contributed by atoms with van der Waals surface area (Å²) in [5.74, 6) is 0.687. The van der Waals surface area contributed by atoms with Gasteiger partial charge in [-0.2, -0.15) is 4.99 Å². The van der Waals surface area contributed by atoms with Crippen LogP contribution < -0.4 is 0 Å². The van der Waals surface area contributed by atoms with E-state index in [4.69, 9.17) is 0 Å². The quantitative estimate of drug-likeness (QED) is 0.848. The lowest BCUT2D eigenvalue weighted by Crippen LogP contribution is -2.38. The van der Waals surface area contributed by atoms with Gasteiger partial charge < -0.3 is 4.90 Å². The SMILES string of the molecule is CC(=O)N=C1N(C)C(C)CC1(c1ccccc1)c1ccccc1. The van der Waals surface area contributed by atoms with Crippen LogP contribution in [-0.4, -0.2) is 29.7 Å². The average Bonchev–Trinajstić information content (AvgIpc) is 2.82. The maximum atomic E-state index is 11.8. The van der Waals surface area contributed by atoms with Crippen LogP contribution in [0.5, 0.6) is 0 Å². The van der Waals surface area contributed by atoms with Gasteiger partial charge >= 0.3 is 0 Å². The van der Waals surface area contributed by atoms with Crippen LogP contribution in [-0.2, 0) is 10.2 Å². The molecule has 1 aliphatic rings. The molecule has 0 bridgehead atoms. The van der Waals surface area contributed by atoms with Crippen LogP contribution in [0.3, 0.4) is 0 Å². The van der Waals surface area contributed by atoms with Gasteiger partial charge in [-0.05, 0) is 24.5 Å². The van der Waals surface area contributed by atoms with Crippen molar-refractivity contribution in [3.63, 3.8) is 0 Å². The Kier molecular flexibility index (Phi) is 4.03. The monoisotopic (exact) mass is 306 g/mol. The van der Waals surface area contributed by atoms with Crippen molar-refractivity contribution >= 4 is 11.7 Å². The molecule has 0 spiro atoms. The molecule has 1 atom stereocenters. The molecule has 1 heterocycles. The molecule has 1 fully saturated rings. The van der Waals surface area contributed by atoms with E-state index in [1.165, 1.54) is 18.1 Å². The first-order valence-electron chi connectivity index (χ1n) is 7.99. The number of aliphatic imine (C=N–C) groups is 1. The van der Waals surface area contributed by atoms with E-state index >= 15 is 0 Å². The zero-order valence-electron chi connectivity index (χ0n) is 13.9. The summed E-state index contributed by atoms with van der Waals surface area (Å²) in [5.41, 5.74) is 1.99. The fourth-order valence-corrected chi connectivity index (χ4v) is 3.61. The first kappa shape index (κ1) is 15.5.